The maximum atomic E-state index is 9.64. The van der Waals surface area contributed by atoms with Crippen LogP contribution in [0, 0.1) is 24.7 Å². The van der Waals surface area contributed by atoms with Crippen molar-refractivity contribution in [2.24, 2.45) is 0 Å². The molecule has 0 rings (SSSR count). The van der Waals surface area contributed by atoms with E-state index < -0.39 is 20.5 Å². The van der Waals surface area contributed by atoms with Gasteiger partial charge in [-0.2, -0.15) is 0 Å². The van der Waals surface area contributed by atoms with Crippen LogP contribution >= 0.6 is 0 Å². The molecule has 0 aliphatic heterocycles. The van der Waals surface area contributed by atoms with Crippen molar-refractivity contribution in [3.05, 3.63) is 0 Å². The van der Waals surface area contributed by atoms with E-state index in [1.807, 2.05) is 0 Å². The van der Waals surface area contributed by atoms with Crippen molar-refractivity contribution in [1.82, 2.24) is 0 Å². The summed E-state index contributed by atoms with van der Waals surface area (Å²) >= 11 is 0. The Balaban J connectivity index is 3.90. The molecule has 0 atom stereocenters. The van der Waals surface area contributed by atoms with Gasteiger partial charge in [-0.05, 0) is 27.7 Å². The molecule has 0 aromatic rings. The SMILES string of the molecule is C#CC(C)(C)O[Si]C[Si](O)OC(C)(C)C#C. The minimum Gasteiger partial charge on any atom is -0.410 e. The molecule has 0 saturated carbocycles. The summed E-state index contributed by atoms with van der Waals surface area (Å²) in [6.45, 7) is 7.08. The third kappa shape index (κ3) is 6.83. The average Bonchev–Trinajstić information content (AvgIpc) is 2.17. The lowest BCUT2D eigenvalue weighted by Gasteiger charge is -2.22. The molecule has 0 bridgehead atoms. The second kappa shape index (κ2) is 6.24. The number of rotatable bonds is 6. The van der Waals surface area contributed by atoms with Crippen molar-refractivity contribution in [3.63, 3.8) is 0 Å². The molecule has 0 spiro atoms. The van der Waals surface area contributed by atoms with Gasteiger partial charge in [-0.25, -0.2) is 0 Å². The maximum Gasteiger partial charge on any atom is 0.381 e. The highest BCUT2D eigenvalue weighted by atomic mass is 28.3. The third-order valence-corrected chi connectivity index (χ3v) is 4.81. The summed E-state index contributed by atoms with van der Waals surface area (Å²) in [5.41, 5.74) is -0.863. The van der Waals surface area contributed by atoms with Crippen LogP contribution in [0.4, 0.5) is 0 Å². The van der Waals surface area contributed by atoms with Crippen LogP contribution in [0.15, 0.2) is 0 Å². The van der Waals surface area contributed by atoms with Crippen molar-refractivity contribution in [2.75, 3.05) is 0 Å². The van der Waals surface area contributed by atoms with E-state index in [1.54, 1.807) is 27.7 Å². The van der Waals surface area contributed by atoms with Gasteiger partial charge in [0.15, 0.2) is 0 Å². The van der Waals surface area contributed by atoms with E-state index in [4.69, 9.17) is 21.7 Å². The maximum absolute atomic E-state index is 9.64. The van der Waals surface area contributed by atoms with Gasteiger partial charge in [0.1, 0.15) is 11.2 Å². The first kappa shape index (κ1) is 15.4. The lowest BCUT2D eigenvalue weighted by atomic mass is 10.2. The van der Waals surface area contributed by atoms with Crippen LogP contribution in [0.2, 0.25) is 5.67 Å². The standard InChI is InChI=1S/C11H17O3Si2/c1-7-10(3,4)13-15-9-16(12)14-11(5,6)8-2/h1-2,12H,9H2,3-6H3. The molecule has 3 nitrogen and oxygen atoms in total. The summed E-state index contributed by atoms with van der Waals surface area (Å²) in [6.07, 6.45) is 10.5. The molecule has 5 heteroatoms. The molecule has 0 aromatic heterocycles. The Kier molecular flexibility index (Phi) is 6.02. The van der Waals surface area contributed by atoms with Crippen molar-refractivity contribution in [2.45, 2.75) is 44.6 Å². The summed E-state index contributed by atoms with van der Waals surface area (Å²) in [6, 6.07) is 0. The van der Waals surface area contributed by atoms with Gasteiger partial charge in [-0.15, -0.1) is 12.8 Å². The van der Waals surface area contributed by atoms with Crippen LogP contribution in [0.5, 0.6) is 0 Å². The molecule has 0 heterocycles. The molecule has 0 aliphatic rings. The Morgan fingerprint density at radius 2 is 1.69 bits per heavy atom. The van der Waals surface area contributed by atoms with Gasteiger partial charge in [0.05, 0.1) is 0 Å². The number of hydrogen-bond acceptors (Lipinski definition) is 3. The zero-order valence-electron chi connectivity index (χ0n) is 10.1. The van der Waals surface area contributed by atoms with Crippen LogP contribution < -0.4 is 0 Å². The summed E-state index contributed by atoms with van der Waals surface area (Å²) in [7, 11) is -1.80. The molecule has 87 valence electrons. The minimum atomic E-state index is -1.91. The van der Waals surface area contributed by atoms with E-state index in [2.05, 4.69) is 11.8 Å². The largest absolute Gasteiger partial charge is 0.410 e. The van der Waals surface area contributed by atoms with Crippen LogP contribution in [0.25, 0.3) is 0 Å². The predicted molar refractivity (Wildman–Crippen MR) is 66.5 cm³/mol. The van der Waals surface area contributed by atoms with Gasteiger partial charge in [0, 0.05) is 5.67 Å². The van der Waals surface area contributed by atoms with E-state index in [-0.39, 0.29) is 9.76 Å². The van der Waals surface area contributed by atoms with Gasteiger partial charge in [-0.3, -0.25) is 0 Å². The van der Waals surface area contributed by atoms with E-state index in [9.17, 15) is 4.80 Å². The first-order valence-electron chi connectivity index (χ1n) is 4.82. The lowest BCUT2D eigenvalue weighted by molar-refractivity contribution is 0.138. The second-order valence-corrected chi connectivity index (χ2v) is 7.13. The highest BCUT2D eigenvalue weighted by Crippen LogP contribution is 2.11. The van der Waals surface area contributed by atoms with Crippen molar-refractivity contribution in [1.29, 1.82) is 0 Å². The first-order chi connectivity index (χ1) is 7.22. The monoisotopic (exact) mass is 253 g/mol. The molecule has 0 fully saturated rings. The molecule has 0 aromatic carbocycles. The van der Waals surface area contributed by atoms with Gasteiger partial charge in [-0.1, -0.05) is 11.8 Å². The van der Waals surface area contributed by atoms with E-state index >= 15 is 0 Å². The third-order valence-electron chi connectivity index (χ3n) is 1.62. The van der Waals surface area contributed by atoms with E-state index in [0.29, 0.717) is 5.67 Å². The second-order valence-electron chi connectivity index (χ2n) is 4.23. The molecule has 16 heavy (non-hydrogen) atoms. The fourth-order valence-corrected chi connectivity index (χ4v) is 2.81. The Morgan fingerprint density at radius 1 is 1.19 bits per heavy atom. The summed E-state index contributed by atoms with van der Waals surface area (Å²) < 4.78 is 10.8. The van der Waals surface area contributed by atoms with Crippen LogP contribution in [0.3, 0.4) is 0 Å². The van der Waals surface area contributed by atoms with Gasteiger partial charge >= 0.3 is 9.28 Å². The van der Waals surface area contributed by atoms with Crippen LogP contribution in [0.1, 0.15) is 27.7 Å². The van der Waals surface area contributed by atoms with E-state index in [0.717, 1.165) is 0 Å². The summed E-state index contributed by atoms with van der Waals surface area (Å²) in [5, 5.41) is 0. The van der Waals surface area contributed by atoms with Crippen molar-refractivity contribution in [3.8, 4) is 24.7 Å². The van der Waals surface area contributed by atoms with Crippen LogP contribution in [-0.4, -0.2) is 35.0 Å². The Morgan fingerprint density at radius 3 is 2.12 bits per heavy atom. The van der Waals surface area contributed by atoms with Gasteiger partial charge in [0.2, 0.25) is 9.76 Å². The molecular formula is C11H17O3Si2. The normalized spacial score (nSPS) is 12.2. The number of terminal acetylenes is 2. The Bertz CT molecular complexity index is 299. The average molecular weight is 253 g/mol. The molecule has 0 aliphatic carbocycles. The molecule has 0 saturated heterocycles. The first-order valence-corrected chi connectivity index (χ1v) is 7.50. The topological polar surface area (TPSA) is 38.7 Å². The molecule has 0 unspecified atom stereocenters. The smallest absolute Gasteiger partial charge is 0.381 e. The molecule has 0 amide bonds. The van der Waals surface area contributed by atoms with Crippen LogP contribution in [-0.2, 0) is 8.85 Å². The Labute approximate surface area is 102 Å². The highest BCUT2D eigenvalue weighted by Gasteiger charge is 2.24. The summed E-state index contributed by atoms with van der Waals surface area (Å²) in [4.78, 5) is 9.64. The highest BCUT2D eigenvalue weighted by molar-refractivity contribution is 6.57. The summed E-state index contributed by atoms with van der Waals surface area (Å²) in [5.74, 6) is 4.98. The zero-order valence-corrected chi connectivity index (χ0v) is 12.1. The number of hydrogen-bond donors (Lipinski definition) is 1. The fraction of sp³-hybridized carbons (Fsp3) is 0.636. The fourth-order valence-electron chi connectivity index (χ4n) is 0.668. The minimum absolute atomic E-state index is 0.117. The molecule has 1 N–H and O–H groups in total. The lowest BCUT2D eigenvalue weighted by Crippen LogP contribution is -2.34. The zero-order chi connectivity index (χ0) is 12.8. The van der Waals surface area contributed by atoms with Gasteiger partial charge in [0.25, 0.3) is 0 Å². The molecular weight excluding hydrogens is 236 g/mol. The van der Waals surface area contributed by atoms with Gasteiger partial charge < -0.3 is 13.6 Å². The predicted octanol–water partition coefficient (Wildman–Crippen LogP) is 0.900. The van der Waals surface area contributed by atoms with Crippen molar-refractivity contribution < 1.29 is 13.6 Å². The molecule has 3 radical (unpaired) electrons. The quantitative estimate of drug-likeness (QED) is 0.565. The Hall–Kier alpha value is -0.566. The van der Waals surface area contributed by atoms with E-state index in [1.165, 1.54) is 0 Å². The van der Waals surface area contributed by atoms with Crippen molar-refractivity contribution >= 4 is 19.0 Å².